The van der Waals surface area contributed by atoms with Gasteiger partial charge in [0.15, 0.2) is 0 Å². The molecule has 3 N–H and O–H groups in total. The number of hydrogen-bond acceptors (Lipinski definition) is 5. The van der Waals surface area contributed by atoms with Crippen LogP contribution in [0.3, 0.4) is 0 Å². The van der Waals surface area contributed by atoms with E-state index in [9.17, 15) is 9.90 Å². The molecule has 0 atom stereocenters. The second-order valence-corrected chi connectivity index (χ2v) is 5.54. The molecule has 0 saturated carbocycles. The maximum Gasteiger partial charge on any atom is 0.243 e. The van der Waals surface area contributed by atoms with E-state index in [4.69, 9.17) is 4.74 Å². The van der Waals surface area contributed by atoms with Crippen molar-refractivity contribution in [1.82, 2.24) is 20.3 Å². The molecule has 0 aliphatic heterocycles. The summed E-state index contributed by atoms with van der Waals surface area (Å²) < 4.78 is 5.61. The lowest BCUT2D eigenvalue weighted by Crippen LogP contribution is -2.28. The SMILES string of the molecule is CNC(=O)C=CCc1c[nH]c2ncnc(OCC(C)(C)O)c12. The van der Waals surface area contributed by atoms with Gasteiger partial charge in [0.1, 0.15) is 18.6 Å². The average molecular weight is 304 g/mol. The van der Waals surface area contributed by atoms with E-state index in [0.717, 1.165) is 10.9 Å². The number of H-pyrrole nitrogens is 1. The van der Waals surface area contributed by atoms with Gasteiger partial charge in [-0.3, -0.25) is 4.79 Å². The highest BCUT2D eigenvalue weighted by Crippen LogP contribution is 2.26. The first-order valence-electron chi connectivity index (χ1n) is 6.95. The first-order chi connectivity index (χ1) is 10.4. The highest BCUT2D eigenvalue weighted by Gasteiger charge is 2.17. The Morgan fingerprint density at radius 1 is 1.50 bits per heavy atom. The van der Waals surface area contributed by atoms with Crippen molar-refractivity contribution in [2.24, 2.45) is 0 Å². The van der Waals surface area contributed by atoms with Gasteiger partial charge in [0.2, 0.25) is 11.8 Å². The normalized spacial score (nSPS) is 12.0. The standard InChI is InChI=1S/C15H20N4O3/c1-15(2,21)8-22-14-12-10(5-4-6-11(20)16-3)7-17-13(12)18-9-19-14/h4,6-7,9,21H,5,8H2,1-3H3,(H,16,20)(H,17,18,19). The Morgan fingerprint density at radius 2 is 2.27 bits per heavy atom. The lowest BCUT2D eigenvalue weighted by Gasteiger charge is -2.17. The molecule has 0 aliphatic carbocycles. The number of amides is 1. The van der Waals surface area contributed by atoms with Crippen LogP contribution in [-0.4, -0.2) is 45.2 Å². The van der Waals surface area contributed by atoms with E-state index in [1.807, 2.05) is 6.20 Å². The minimum absolute atomic E-state index is 0.123. The molecule has 7 nitrogen and oxygen atoms in total. The summed E-state index contributed by atoms with van der Waals surface area (Å²) in [5, 5.41) is 13.0. The average Bonchev–Trinajstić information content (AvgIpc) is 2.88. The molecule has 0 aliphatic rings. The number of carbonyl (C=O) groups is 1. The van der Waals surface area contributed by atoms with Crippen LogP contribution in [0.5, 0.6) is 5.88 Å². The molecular weight excluding hydrogens is 284 g/mol. The molecule has 2 aromatic rings. The number of fused-ring (bicyclic) bond motifs is 1. The largest absolute Gasteiger partial charge is 0.474 e. The number of allylic oxidation sites excluding steroid dienone is 1. The predicted octanol–water partition coefficient (Wildman–Crippen LogP) is 0.952. The fourth-order valence-electron chi connectivity index (χ4n) is 1.89. The Hall–Kier alpha value is -2.41. The number of nitrogens with zero attached hydrogens (tertiary/aromatic N) is 2. The molecule has 0 saturated heterocycles. The monoisotopic (exact) mass is 304 g/mol. The van der Waals surface area contributed by atoms with Crippen molar-refractivity contribution in [1.29, 1.82) is 0 Å². The van der Waals surface area contributed by atoms with Crippen LogP contribution >= 0.6 is 0 Å². The highest BCUT2D eigenvalue weighted by atomic mass is 16.5. The van der Waals surface area contributed by atoms with Gasteiger partial charge in [-0.25, -0.2) is 9.97 Å². The summed E-state index contributed by atoms with van der Waals surface area (Å²) in [6.07, 6.45) is 6.99. The molecule has 2 heterocycles. The minimum atomic E-state index is -0.952. The maximum absolute atomic E-state index is 11.2. The zero-order chi connectivity index (χ0) is 16.2. The third-order valence-electron chi connectivity index (χ3n) is 2.93. The Labute approximate surface area is 128 Å². The minimum Gasteiger partial charge on any atom is -0.474 e. The number of aliphatic hydroxyl groups is 1. The number of nitrogens with one attached hydrogen (secondary N) is 2. The molecule has 2 rings (SSSR count). The molecule has 0 spiro atoms. The van der Waals surface area contributed by atoms with Gasteiger partial charge in [-0.15, -0.1) is 0 Å². The van der Waals surface area contributed by atoms with E-state index < -0.39 is 5.60 Å². The van der Waals surface area contributed by atoms with E-state index in [1.165, 1.54) is 12.4 Å². The predicted molar refractivity (Wildman–Crippen MR) is 82.6 cm³/mol. The van der Waals surface area contributed by atoms with Crippen LogP contribution in [0.2, 0.25) is 0 Å². The van der Waals surface area contributed by atoms with Gasteiger partial charge in [-0.2, -0.15) is 0 Å². The van der Waals surface area contributed by atoms with Crippen LogP contribution in [0.15, 0.2) is 24.7 Å². The van der Waals surface area contributed by atoms with Crippen LogP contribution in [0.1, 0.15) is 19.4 Å². The Balaban J connectivity index is 2.24. The van der Waals surface area contributed by atoms with E-state index in [1.54, 1.807) is 27.0 Å². The quantitative estimate of drug-likeness (QED) is 0.690. The van der Waals surface area contributed by atoms with Gasteiger partial charge in [-0.05, 0) is 31.9 Å². The molecule has 1 amide bonds. The molecule has 0 radical (unpaired) electrons. The number of aromatic amines is 1. The zero-order valence-electron chi connectivity index (χ0n) is 12.9. The molecule has 22 heavy (non-hydrogen) atoms. The number of hydrogen-bond donors (Lipinski definition) is 3. The first kappa shape index (κ1) is 16.0. The highest BCUT2D eigenvalue weighted by molar-refractivity contribution is 5.88. The molecule has 0 bridgehead atoms. The van der Waals surface area contributed by atoms with Gasteiger partial charge in [0, 0.05) is 13.2 Å². The summed E-state index contributed by atoms with van der Waals surface area (Å²) in [6, 6.07) is 0. The van der Waals surface area contributed by atoms with Crippen LogP contribution < -0.4 is 10.1 Å². The maximum atomic E-state index is 11.2. The molecule has 7 heteroatoms. The number of ether oxygens (including phenoxy) is 1. The van der Waals surface area contributed by atoms with Crippen LogP contribution in [0, 0.1) is 0 Å². The number of carbonyl (C=O) groups excluding carboxylic acids is 1. The fraction of sp³-hybridized carbons (Fsp3) is 0.400. The summed E-state index contributed by atoms with van der Waals surface area (Å²) in [5.41, 5.74) is 0.623. The lowest BCUT2D eigenvalue weighted by atomic mass is 10.1. The van der Waals surface area contributed by atoms with Gasteiger partial charge in [0.05, 0.1) is 11.0 Å². The molecule has 0 aromatic carbocycles. The summed E-state index contributed by atoms with van der Waals surface area (Å²) in [5.74, 6) is 0.256. The van der Waals surface area contributed by atoms with Gasteiger partial charge in [0.25, 0.3) is 0 Å². The second kappa shape index (κ2) is 6.57. The Kier molecular flexibility index (Phi) is 4.77. The van der Waals surface area contributed by atoms with Gasteiger partial charge in [-0.1, -0.05) is 6.08 Å². The zero-order valence-corrected chi connectivity index (χ0v) is 12.9. The molecule has 0 unspecified atom stereocenters. The van der Waals surface area contributed by atoms with Crippen LogP contribution in [0.4, 0.5) is 0 Å². The van der Waals surface area contributed by atoms with Crippen molar-refractivity contribution in [3.63, 3.8) is 0 Å². The van der Waals surface area contributed by atoms with Gasteiger partial charge < -0.3 is 20.1 Å². The lowest BCUT2D eigenvalue weighted by molar-refractivity contribution is -0.116. The summed E-state index contributed by atoms with van der Waals surface area (Å²) in [6.45, 7) is 3.45. The topological polar surface area (TPSA) is 100 Å². The fourth-order valence-corrected chi connectivity index (χ4v) is 1.89. The van der Waals surface area contributed by atoms with E-state index in [2.05, 4.69) is 20.3 Å². The Morgan fingerprint density at radius 3 is 2.95 bits per heavy atom. The van der Waals surface area contributed by atoms with Gasteiger partial charge >= 0.3 is 0 Å². The Bertz CT molecular complexity index is 686. The van der Waals surface area contributed by atoms with E-state index in [-0.39, 0.29) is 12.5 Å². The second-order valence-electron chi connectivity index (χ2n) is 5.54. The van der Waals surface area contributed by atoms with Crippen LogP contribution in [0.25, 0.3) is 11.0 Å². The van der Waals surface area contributed by atoms with Crippen LogP contribution in [-0.2, 0) is 11.2 Å². The number of aromatic nitrogens is 3. The van der Waals surface area contributed by atoms with E-state index in [0.29, 0.717) is 17.9 Å². The number of likely N-dealkylation sites (N-methyl/N-ethyl adjacent to an activating group) is 1. The van der Waals surface area contributed by atoms with Crippen molar-refractivity contribution < 1.29 is 14.6 Å². The van der Waals surface area contributed by atoms with Crippen molar-refractivity contribution in [2.45, 2.75) is 25.9 Å². The van der Waals surface area contributed by atoms with E-state index >= 15 is 0 Å². The van der Waals surface area contributed by atoms with Crippen molar-refractivity contribution >= 4 is 16.9 Å². The smallest absolute Gasteiger partial charge is 0.243 e. The molecule has 2 aromatic heterocycles. The number of rotatable bonds is 6. The van der Waals surface area contributed by atoms with Crippen molar-refractivity contribution in [3.05, 3.63) is 30.2 Å². The summed E-state index contributed by atoms with van der Waals surface area (Å²) in [4.78, 5) is 22.5. The summed E-state index contributed by atoms with van der Waals surface area (Å²) >= 11 is 0. The van der Waals surface area contributed by atoms with Crippen molar-refractivity contribution in [2.75, 3.05) is 13.7 Å². The molecular formula is C15H20N4O3. The molecule has 0 fully saturated rings. The molecule has 118 valence electrons. The third kappa shape index (κ3) is 4.05. The van der Waals surface area contributed by atoms with Crippen molar-refractivity contribution in [3.8, 4) is 5.88 Å². The first-order valence-corrected chi connectivity index (χ1v) is 6.95. The summed E-state index contributed by atoms with van der Waals surface area (Å²) in [7, 11) is 1.58. The third-order valence-corrected chi connectivity index (χ3v) is 2.93.